The molecule has 0 fully saturated rings. The number of hydrogen-bond acceptors (Lipinski definition) is 4. The fourth-order valence-corrected chi connectivity index (χ4v) is 0.338. The molecular weight excluding hydrogens is 161 g/mol. The Kier molecular flexibility index (Phi) is 4.26. The summed E-state index contributed by atoms with van der Waals surface area (Å²) >= 11 is 0. The van der Waals surface area contributed by atoms with Crippen molar-refractivity contribution in [3.63, 3.8) is 0 Å². The monoisotopic (exact) mass is 169 g/mol. The fraction of sp³-hybridized carbons (Fsp3) is 0.333. The van der Waals surface area contributed by atoms with Gasteiger partial charge in [-0.1, -0.05) is 4.67 Å². The Labute approximate surface area is 57.4 Å². The Morgan fingerprint density at radius 3 is 2.60 bits per heavy atom. The molecule has 0 atom stereocenters. The predicted molar refractivity (Wildman–Crippen MR) is 32.4 cm³/mol. The van der Waals surface area contributed by atoms with Gasteiger partial charge in [-0.2, -0.15) is 0 Å². The second kappa shape index (κ2) is 4.43. The van der Waals surface area contributed by atoms with E-state index in [1.165, 1.54) is 6.08 Å². The van der Waals surface area contributed by atoms with Crippen LogP contribution in [0, 0.1) is 0 Å². The maximum atomic E-state index is 9.88. The molecule has 60 valence electrons. The molecule has 0 unspecified atom stereocenters. The van der Waals surface area contributed by atoms with Crippen LogP contribution in [0.3, 0.4) is 0 Å². The van der Waals surface area contributed by atoms with E-state index < -0.39 is 7.82 Å². The lowest BCUT2D eigenvalue weighted by molar-refractivity contribution is -0.168. The molecule has 0 amide bonds. The molecule has 0 radical (unpaired) electrons. The second-order valence-corrected chi connectivity index (χ2v) is 2.40. The van der Waals surface area contributed by atoms with Gasteiger partial charge in [0.1, 0.15) is 6.26 Å². The molecule has 0 heterocycles. The Hall–Kier alpha value is -0.390. The van der Waals surface area contributed by atoms with Gasteiger partial charge in [0.25, 0.3) is 0 Å². The Bertz CT molecular complexity index is 151. The Balaban J connectivity index is 3.38. The van der Waals surface area contributed by atoms with Crippen LogP contribution in [0.2, 0.25) is 0 Å². The first-order valence-electron chi connectivity index (χ1n) is 2.32. The van der Waals surface area contributed by atoms with E-state index in [2.05, 4.69) is 9.56 Å². The highest BCUT2D eigenvalue weighted by atomic mass is 31.2. The summed E-state index contributed by atoms with van der Waals surface area (Å²) in [6.07, 6.45) is 2.27. The third-order valence-electron chi connectivity index (χ3n) is 0.428. The third-order valence-corrected chi connectivity index (χ3v) is 0.708. The average molecular weight is 169 g/mol. The minimum absolute atomic E-state index is 0.213. The zero-order valence-electron chi connectivity index (χ0n) is 5.01. The SMILES string of the molecule is NCC=COOP(=O)(O)O. The van der Waals surface area contributed by atoms with E-state index in [0.29, 0.717) is 0 Å². The van der Waals surface area contributed by atoms with Gasteiger partial charge in [0, 0.05) is 6.54 Å². The van der Waals surface area contributed by atoms with Crippen molar-refractivity contribution < 1.29 is 23.9 Å². The van der Waals surface area contributed by atoms with Crippen LogP contribution in [0.15, 0.2) is 12.3 Å². The van der Waals surface area contributed by atoms with Gasteiger partial charge in [-0.3, -0.25) is 0 Å². The molecule has 7 heteroatoms. The highest BCUT2D eigenvalue weighted by Gasteiger charge is 2.14. The first-order chi connectivity index (χ1) is 4.56. The predicted octanol–water partition coefficient (Wildman–Crippen LogP) is -0.500. The van der Waals surface area contributed by atoms with Crippen LogP contribution in [0.25, 0.3) is 0 Å². The van der Waals surface area contributed by atoms with Gasteiger partial charge in [-0.05, 0) is 6.08 Å². The Morgan fingerprint density at radius 1 is 1.60 bits per heavy atom. The van der Waals surface area contributed by atoms with E-state index in [-0.39, 0.29) is 6.54 Å². The lowest BCUT2D eigenvalue weighted by Gasteiger charge is -1.99. The van der Waals surface area contributed by atoms with E-state index in [1.807, 2.05) is 0 Å². The molecule has 0 spiro atoms. The van der Waals surface area contributed by atoms with Crippen LogP contribution in [-0.4, -0.2) is 16.3 Å². The minimum Gasteiger partial charge on any atom is -0.336 e. The summed E-state index contributed by atoms with van der Waals surface area (Å²) < 4.78 is 13.4. The topological polar surface area (TPSA) is 102 Å². The van der Waals surface area contributed by atoms with Gasteiger partial charge < -0.3 is 20.4 Å². The zero-order valence-corrected chi connectivity index (χ0v) is 5.90. The molecule has 0 saturated heterocycles. The van der Waals surface area contributed by atoms with Gasteiger partial charge in [0.2, 0.25) is 0 Å². The molecule has 0 bridgehead atoms. The minimum atomic E-state index is -4.52. The molecule has 0 rings (SSSR count). The van der Waals surface area contributed by atoms with E-state index in [1.54, 1.807) is 0 Å². The molecule has 0 aliphatic heterocycles. The van der Waals surface area contributed by atoms with Gasteiger partial charge in [-0.25, -0.2) is 4.57 Å². The van der Waals surface area contributed by atoms with Crippen LogP contribution in [0.1, 0.15) is 0 Å². The lowest BCUT2D eigenvalue weighted by Crippen LogP contribution is -1.93. The Morgan fingerprint density at radius 2 is 2.20 bits per heavy atom. The van der Waals surface area contributed by atoms with Crippen LogP contribution < -0.4 is 5.73 Å². The molecule has 0 aliphatic rings. The molecule has 0 aromatic carbocycles. The molecule has 4 N–H and O–H groups in total. The van der Waals surface area contributed by atoms with Gasteiger partial charge in [0.05, 0.1) is 0 Å². The number of rotatable bonds is 4. The summed E-state index contributed by atoms with van der Waals surface area (Å²) in [5.41, 5.74) is 4.96. The van der Waals surface area contributed by atoms with Crippen molar-refractivity contribution in [3.8, 4) is 0 Å². The van der Waals surface area contributed by atoms with Gasteiger partial charge >= 0.3 is 7.82 Å². The quantitative estimate of drug-likeness (QED) is 0.227. The standard InChI is InChI=1S/C3H8NO5P/c4-2-1-3-8-9-10(5,6)7/h1,3H,2,4H2,(H2,5,6,7). The van der Waals surface area contributed by atoms with Crippen molar-refractivity contribution in [2.24, 2.45) is 5.73 Å². The zero-order chi connectivity index (χ0) is 8.04. The largest absolute Gasteiger partial charge is 0.505 e. The molecule has 10 heavy (non-hydrogen) atoms. The van der Waals surface area contributed by atoms with E-state index in [4.69, 9.17) is 15.5 Å². The second-order valence-electron chi connectivity index (χ2n) is 1.27. The summed E-state index contributed by atoms with van der Waals surface area (Å²) in [4.78, 5) is 19.9. The molecule has 0 aromatic heterocycles. The fourth-order valence-electron chi connectivity index (χ4n) is 0.176. The van der Waals surface area contributed by atoms with Crippen LogP contribution in [0.4, 0.5) is 0 Å². The molecule has 0 aliphatic carbocycles. The number of nitrogens with two attached hydrogens (primary N) is 1. The van der Waals surface area contributed by atoms with Crippen molar-refractivity contribution >= 4 is 7.82 Å². The van der Waals surface area contributed by atoms with Gasteiger partial charge in [0.15, 0.2) is 0 Å². The molecule has 0 saturated carbocycles. The molecule has 0 aromatic rings. The lowest BCUT2D eigenvalue weighted by atomic mass is 10.6. The first kappa shape index (κ1) is 9.61. The summed E-state index contributed by atoms with van der Waals surface area (Å²) in [6.45, 7) is 0.213. The first-order valence-corrected chi connectivity index (χ1v) is 3.85. The van der Waals surface area contributed by atoms with Crippen molar-refractivity contribution in [2.45, 2.75) is 0 Å². The van der Waals surface area contributed by atoms with Crippen LogP contribution in [-0.2, 0) is 14.1 Å². The average Bonchev–Trinajstić information content (AvgIpc) is 1.78. The van der Waals surface area contributed by atoms with E-state index in [0.717, 1.165) is 6.26 Å². The van der Waals surface area contributed by atoms with Crippen molar-refractivity contribution in [1.29, 1.82) is 0 Å². The summed E-state index contributed by atoms with van der Waals surface area (Å²) in [7, 11) is -4.52. The maximum absolute atomic E-state index is 9.88. The van der Waals surface area contributed by atoms with Gasteiger partial charge in [-0.15, -0.1) is 0 Å². The third kappa shape index (κ3) is 7.61. The highest BCUT2D eigenvalue weighted by Crippen LogP contribution is 2.35. The molecule has 6 nitrogen and oxygen atoms in total. The van der Waals surface area contributed by atoms with Crippen molar-refractivity contribution in [1.82, 2.24) is 0 Å². The van der Waals surface area contributed by atoms with Crippen molar-refractivity contribution in [2.75, 3.05) is 6.54 Å². The highest BCUT2D eigenvalue weighted by molar-refractivity contribution is 7.46. The van der Waals surface area contributed by atoms with E-state index in [9.17, 15) is 4.57 Å². The smallest absolute Gasteiger partial charge is 0.336 e. The van der Waals surface area contributed by atoms with Crippen LogP contribution in [0.5, 0.6) is 0 Å². The normalized spacial score (nSPS) is 12.3. The number of phosphoric acid groups is 1. The molecular formula is C3H8NO5P. The van der Waals surface area contributed by atoms with Crippen molar-refractivity contribution in [3.05, 3.63) is 12.3 Å². The van der Waals surface area contributed by atoms with E-state index >= 15 is 0 Å². The summed E-state index contributed by atoms with van der Waals surface area (Å²) in [6, 6.07) is 0. The number of hydrogen-bond donors (Lipinski definition) is 3. The van der Waals surface area contributed by atoms with Crippen LogP contribution >= 0.6 is 7.82 Å². The maximum Gasteiger partial charge on any atom is 0.505 e. The summed E-state index contributed by atoms with van der Waals surface area (Å²) in [5, 5.41) is 0. The summed E-state index contributed by atoms with van der Waals surface area (Å²) in [5.74, 6) is 0.